The molecule has 2 aromatic carbocycles. The Morgan fingerprint density at radius 2 is 1.84 bits per heavy atom. The van der Waals surface area contributed by atoms with E-state index in [0.717, 1.165) is 5.56 Å². The Bertz CT molecular complexity index is 542. The molecule has 0 heterocycles. The summed E-state index contributed by atoms with van der Waals surface area (Å²) >= 11 is 5.90. The van der Waals surface area contributed by atoms with Crippen molar-refractivity contribution in [2.45, 2.75) is 19.4 Å². The number of hydrogen-bond donors (Lipinski definition) is 1. The van der Waals surface area contributed by atoms with Gasteiger partial charge in [0.1, 0.15) is 5.82 Å². The van der Waals surface area contributed by atoms with E-state index in [-0.39, 0.29) is 17.8 Å². The van der Waals surface area contributed by atoms with Crippen molar-refractivity contribution in [1.29, 1.82) is 0 Å². The van der Waals surface area contributed by atoms with Crippen molar-refractivity contribution in [3.63, 3.8) is 0 Å². The Labute approximate surface area is 118 Å². The van der Waals surface area contributed by atoms with E-state index in [1.54, 1.807) is 12.1 Å². The first kappa shape index (κ1) is 14.0. The van der Waals surface area contributed by atoms with Crippen LogP contribution in [-0.4, -0.2) is 0 Å². The standard InChI is InChI=1S/C16H17ClFN/c1-11(16(19)12-5-3-2-4-6-12)9-13-10-14(17)7-8-15(13)18/h2-8,10-11,16H,9,19H2,1H3. The van der Waals surface area contributed by atoms with Crippen LogP contribution in [-0.2, 0) is 6.42 Å². The van der Waals surface area contributed by atoms with Crippen LogP contribution in [0.3, 0.4) is 0 Å². The summed E-state index contributed by atoms with van der Waals surface area (Å²) in [5, 5.41) is 0.553. The molecule has 0 saturated heterocycles. The number of nitrogens with two attached hydrogens (primary N) is 1. The summed E-state index contributed by atoms with van der Waals surface area (Å²) in [4.78, 5) is 0. The van der Waals surface area contributed by atoms with Gasteiger partial charge in [-0.15, -0.1) is 0 Å². The van der Waals surface area contributed by atoms with Gasteiger partial charge in [0.25, 0.3) is 0 Å². The van der Waals surface area contributed by atoms with E-state index in [2.05, 4.69) is 0 Å². The minimum atomic E-state index is -0.225. The molecule has 19 heavy (non-hydrogen) atoms. The van der Waals surface area contributed by atoms with Crippen LogP contribution >= 0.6 is 11.6 Å². The molecule has 0 radical (unpaired) electrons. The molecule has 0 aliphatic rings. The Hall–Kier alpha value is -1.38. The Morgan fingerprint density at radius 1 is 1.16 bits per heavy atom. The molecule has 100 valence electrons. The second kappa shape index (κ2) is 6.18. The first-order valence-corrected chi connectivity index (χ1v) is 6.70. The molecule has 0 aromatic heterocycles. The molecular formula is C16H17ClFN. The quantitative estimate of drug-likeness (QED) is 0.883. The number of benzene rings is 2. The fraction of sp³-hybridized carbons (Fsp3) is 0.250. The van der Waals surface area contributed by atoms with E-state index in [1.807, 2.05) is 37.3 Å². The van der Waals surface area contributed by atoms with Crippen LogP contribution in [0.5, 0.6) is 0 Å². The van der Waals surface area contributed by atoms with Crippen molar-refractivity contribution >= 4 is 11.6 Å². The van der Waals surface area contributed by atoms with Crippen molar-refractivity contribution < 1.29 is 4.39 Å². The van der Waals surface area contributed by atoms with Gasteiger partial charge in [0, 0.05) is 11.1 Å². The predicted molar refractivity (Wildman–Crippen MR) is 77.6 cm³/mol. The van der Waals surface area contributed by atoms with Crippen molar-refractivity contribution in [3.8, 4) is 0 Å². The molecule has 0 saturated carbocycles. The second-order valence-electron chi connectivity index (χ2n) is 4.85. The van der Waals surface area contributed by atoms with Crippen molar-refractivity contribution in [2.75, 3.05) is 0 Å². The van der Waals surface area contributed by atoms with Gasteiger partial charge in [0.15, 0.2) is 0 Å². The van der Waals surface area contributed by atoms with Crippen LogP contribution in [0.4, 0.5) is 4.39 Å². The molecule has 0 fully saturated rings. The summed E-state index contributed by atoms with van der Waals surface area (Å²) in [5.74, 6) is -0.0909. The molecule has 0 spiro atoms. The first-order valence-electron chi connectivity index (χ1n) is 6.32. The maximum Gasteiger partial charge on any atom is 0.126 e. The van der Waals surface area contributed by atoms with Crippen molar-refractivity contribution in [1.82, 2.24) is 0 Å². The van der Waals surface area contributed by atoms with Crippen LogP contribution in [0.15, 0.2) is 48.5 Å². The van der Waals surface area contributed by atoms with Crippen molar-refractivity contribution in [3.05, 3.63) is 70.5 Å². The van der Waals surface area contributed by atoms with Gasteiger partial charge in [-0.25, -0.2) is 4.39 Å². The Morgan fingerprint density at radius 3 is 2.53 bits per heavy atom. The van der Waals surface area contributed by atoms with Crippen LogP contribution < -0.4 is 5.73 Å². The van der Waals surface area contributed by atoms with E-state index in [1.165, 1.54) is 6.07 Å². The molecule has 0 bridgehead atoms. The molecule has 2 unspecified atom stereocenters. The van der Waals surface area contributed by atoms with Gasteiger partial charge in [0.05, 0.1) is 0 Å². The van der Waals surface area contributed by atoms with Crippen LogP contribution in [0.1, 0.15) is 24.1 Å². The zero-order valence-corrected chi connectivity index (χ0v) is 11.6. The third-order valence-corrected chi connectivity index (χ3v) is 3.58. The lowest BCUT2D eigenvalue weighted by Gasteiger charge is -2.20. The number of halogens is 2. The third-order valence-electron chi connectivity index (χ3n) is 3.35. The highest BCUT2D eigenvalue weighted by Gasteiger charge is 2.17. The van der Waals surface area contributed by atoms with Gasteiger partial charge < -0.3 is 5.73 Å². The summed E-state index contributed by atoms with van der Waals surface area (Å²) in [6.45, 7) is 2.03. The summed E-state index contributed by atoms with van der Waals surface area (Å²) in [5.41, 5.74) is 7.90. The highest BCUT2D eigenvalue weighted by Crippen LogP contribution is 2.25. The van der Waals surface area contributed by atoms with E-state index in [4.69, 9.17) is 17.3 Å². The van der Waals surface area contributed by atoms with E-state index < -0.39 is 0 Å². The Balaban J connectivity index is 2.12. The lowest BCUT2D eigenvalue weighted by Crippen LogP contribution is -2.21. The van der Waals surface area contributed by atoms with Gasteiger partial charge in [-0.1, -0.05) is 48.9 Å². The first-order chi connectivity index (χ1) is 9.08. The summed E-state index contributed by atoms with van der Waals surface area (Å²) in [7, 11) is 0. The third kappa shape index (κ3) is 3.55. The SMILES string of the molecule is CC(Cc1cc(Cl)ccc1F)C(N)c1ccccc1. The lowest BCUT2D eigenvalue weighted by molar-refractivity contribution is 0.457. The predicted octanol–water partition coefficient (Wildman–Crippen LogP) is 4.36. The fourth-order valence-electron chi connectivity index (χ4n) is 2.18. The van der Waals surface area contributed by atoms with Gasteiger partial charge in [-0.2, -0.15) is 0 Å². The molecular weight excluding hydrogens is 261 g/mol. The molecule has 0 aliphatic heterocycles. The molecule has 3 heteroatoms. The normalized spacial score (nSPS) is 14.1. The highest BCUT2D eigenvalue weighted by atomic mass is 35.5. The van der Waals surface area contributed by atoms with Gasteiger partial charge >= 0.3 is 0 Å². The molecule has 1 nitrogen and oxygen atoms in total. The smallest absolute Gasteiger partial charge is 0.126 e. The zero-order chi connectivity index (χ0) is 13.8. The van der Waals surface area contributed by atoms with Crippen LogP contribution in [0.25, 0.3) is 0 Å². The van der Waals surface area contributed by atoms with Crippen LogP contribution in [0, 0.1) is 11.7 Å². The van der Waals surface area contributed by atoms with E-state index in [0.29, 0.717) is 17.0 Å². The van der Waals surface area contributed by atoms with E-state index in [9.17, 15) is 4.39 Å². The topological polar surface area (TPSA) is 26.0 Å². The minimum Gasteiger partial charge on any atom is -0.324 e. The molecule has 0 amide bonds. The largest absolute Gasteiger partial charge is 0.324 e. The lowest BCUT2D eigenvalue weighted by atomic mass is 9.90. The second-order valence-corrected chi connectivity index (χ2v) is 5.29. The highest BCUT2D eigenvalue weighted by molar-refractivity contribution is 6.30. The van der Waals surface area contributed by atoms with Gasteiger partial charge in [0.2, 0.25) is 0 Å². The Kier molecular flexibility index (Phi) is 4.56. The fourth-order valence-corrected chi connectivity index (χ4v) is 2.37. The van der Waals surface area contributed by atoms with Crippen molar-refractivity contribution in [2.24, 2.45) is 11.7 Å². The molecule has 2 atom stereocenters. The molecule has 2 rings (SSSR count). The molecule has 0 aliphatic carbocycles. The molecule has 2 aromatic rings. The summed E-state index contributed by atoms with van der Waals surface area (Å²) in [6.07, 6.45) is 0.572. The number of hydrogen-bond acceptors (Lipinski definition) is 1. The maximum atomic E-state index is 13.7. The number of rotatable bonds is 4. The van der Waals surface area contributed by atoms with Gasteiger partial charge in [-0.05, 0) is 41.7 Å². The zero-order valence-electron chi connectivity index (χ0n) is 10.8. The van der Waals surface area contributed by atoms with Crippen LogP contribution in [0.2, 0.25) is 5.02 Å². The average Bonchev–Trinajstić information content (AvgIpc) is 2.43. The monoisotopic (exact) mass is 277 g/mol. The summed E-state index contributed by atoms with van der Waals surface area (Å²) in [6, 6.07) is 14.4. The molecule has 2 N–H and O–H groups in total. The van der Waals surface area contributed by atoms with Gasteiger partial charge in [-0.3, -0.25) is 0 Å². The maximum absolute atomic E-state index is 13.7. The van der Waals surface area contributed by atoms with E-state index >= 15 is 0 Å². The summed E-state index contributed by atoms with van der Waals surface area (Å²) < 4.78 is 13.7. The average molecular weight is 278 g/mol. The minimum absolute atomic E-state index is 0.111.